The fourth-order valence-electron chi connectivity index (χ4n) is 4.47. The summed E-state index contributed by atoms with van der Waals surface area (Å²) in [6.07, 6.45) is 3.80. The lowest BCUT2D eigenvalue weighted by molar-refractivity contribution is -0.137. The number of hydrogen-bond acceptors (Lipinski definition) is 3. The molecule has 6 nitrogen and oxygen atoms in total. The smallest absolute Gasteiger partial charge is 0.326 e. The van der Waals surface area contributed by atoms with E-state index in [4.69, 9.17) is 21.4 Å². The Morgan fingerprint density at radius 3 is 2.59 bits per heavy atom. The summed E-state index contributed by atoms with van der Waals surface area (Å²) in [6.45, 7) is 17.0. The standard InChI is InChI=1S/C27H37ClN2O4/c1-17(8-11-23(31)32)30-15-21-18(2)26(6,7)34-16-27(21,29-24(30)33)20-10-9-19(22(28)14-20)12-13-25(3,4)5/h9-10,14-15,18H,1,8,11-13,16H2,2-7H3,(H,29,33)(H,31,32)/t18?,27-/m0/s1. The largest absolute Gasteiger partial charge is 0.481 e. The number of allylic oxidation sites excluding steroid dienone is 1. The van der Waals surface area contributed by atoms with Gasteiger partial charge in [0.25, 0.3) is 0 Å². The molecule has 1 unspecified atom stereocenters. The quantitative estimate of drug-likeness (QED) is 0.475. The number of amides is 2. The second kappa shape index (κ2) is 9.38. The summed E-state index contributed by atoms with van der Waals surface area (Å²) in [7, 11) is 0. The van der Waals surface area contributed by atoms with E-state index in [1.165, 1.54) is 4.90 Å². The first-order valence-electron chi connectivity index (χ1n) is 11.8. The molecule has 2 heterocycles. The topological polar surface area (TPSA) is 78.9 Å². The lowest BCUT2D eigenvalue weighted by Gasteiger charge is -2.53. The van der Waals surface area contributed by atoms with Gasteiger partial charge in [0.1, 0.15) is 5.54 Å². The Labute approximate surface area is 208 Å². The van der Waals surface area contributed by atoms with Gasteiger partial charge in [0, 0.05) is 22.8 Å². The van der Waals surface area contributed by atoms with Crippen LogP contribution < -0.4 is 5.32 Å². The van der Waals surface area contributed by atoms with Gasteiger partial charge < -0.3 is 15.2 Å². The van der Waals surface area contributed by atoms with Gasteiger partial charge in [0.15, 0.2) is 0 Å². The highest BCUT2D eigenvalue weighted by atomic mass is 35.5. The van der Waals surface area contributed by atoms with Crippen LogP contribution in [-0.2, 0) is 21.5 Å². The van der Waals surface area contributed by atoms with E-state index in [1.807, 2.05) is 38.2 Å². The number of fused-ring (bicyclic) bond motifs is 1. The molecule has 34 heavy (non-hydrogen) atoms. The van der Waals surface area contributed by atoms with Crippen LogP contribution in [0.25, 0.3) is 0 Å². The molecular weight excluding hydrogens is 452 g/mol. The van der Waals surface area contributed by atoms with Crippen LogP contribution in [-0.4, -0.2) is 34.2 Å². The number of hydrogen-bond donors (Lipinski definition) is 2. The number of ether oxygens (including phenoxy) is 1. The molecule has 0 bridgehead atoms. The first-order valence-corrected chi connectivity index (χ1v) is 12.2. The zero-order valence-corrected chi connectivity index (χ0v) is 21.9. The van der Waals surface area contributed by atoms with Crippen molar-refractivity contribution in [3.8, 4) is 0 Å². The molecule has 7 heteroatoms. The summed E-state index contributed by atoms with van der Waals surface area (Å²) >= 11 is 6.73. The summed E-state index contributed by atoms with van der Waals surface area (Å²) in [6, 6.07) is 5.66. The predicted octanol–water partition coefficient (Wildman–Crippen LogP) is 6.25. The number of aryl methyl sites for hydroxylation is 1. The van der Waals surface area contributed by atoms with Crippen LogP contribution in [0, 0.1) is 11.3 Å². The van der Waals surface area contributed by atoms with Crippen molar-refractivity contribution in [3.63, 3.8) is 0 Å². The molecule has 0 radical (unpaired) electrons. The number of rotatable bonds is 7. The predicted molar refractivity (Wildman–Crippen MR) is 135 cm³/mol. The van der Waals surface area contributed by atoms with Crippen molar-refractivity contribution in [1.82, 2.24) is 10.2 Å². The highest BCUT2D eigenvalue weighted by molar-refractivity contribution is 6.31. The van der Waals surface area contributed by atoms with Gasteiger partial charge in [-0.25, -0.2) is 4.79 Å². The van der Waals surface area contributed by atoms with Gasteiger partial charge in [-0.1, -0.05) is 58.0 Å². The number of nitrogens with zero attached hydrogens (tertiary/aromatic N) is 1. The van der Waals surface area contributed by atoms with Crippen molar-refractivity contribution < 1.29 is 19.4 Å². The van der Waals surface area contributed by atoms with Crippen LogP contribution in [0.4, 0.5) is 4.79 Å². The lowest BCUT2D eigenvalue weighted by Crippen LogP contribution is -2.63. The SMILES string of the molecule is C=C(CCC(=O)O)N1C=C2C(C)C(C)(C)OC[C@@]2(c2ccc(CCC(C)(C)C)c(Cl)c2)NC1=O. The van der Waals surface area contributed by atoms with E-state index in [0.29, 0.717) is 10.7 Å². The molecule has 2 atom stereocenters. The summed E-state index contributed by atoms with van der Waals surface area (Å²) < 4.78 is 6.27. The molecule has 0 saturated carbocycles. The number of nitrogens with one attached hydrogen (secondary N) is 1. The van der Waals surface area contributed by atoms with Crippen LogP contribution in [0.1, 0.15) is 71.9 Å². The molecule has 2 aliphatic heterocycles. The van der Waals surface area contributed by atoms with Gasteiger partial charge in [-0.15, -0.1) is 0 Å². The van der Waals surface area contributed by atoms with Crippen molar-refractivity contribution in [1.29, 1.82) is 0 Å². The van der Waals surface area contributed by atoms with E-state index < -0.39 is 17.1 Å². The Balaban J connectivity index is 2.02. The Hall–Kier alpha value is -2.31. The molecule has 3 rings (SSSR count). The molecule has 0 spiro atoms. The average molecular weight is 489 g/mol. The maximum atomic E-state index is 13.2. The maximum Gasteiger partial charge on any atom is 0.326 e. The molecule has 2 aliphatic rings. The Morgan fingerprint density at radius 2 is 2.00 bits per heavy atom. The molecule has 0 aliphatic carbocycles. The fraction of sp³-hybridized carbons (Fsp3) is 0.556. The van der Waals surface area contributed by atoms with E-state index in [9.17, 15) is 9.59 Å². The highest BCUT2D eigenvalue weighted by Crippen LogP contribution is 2.48. The number of carbonyl (C=O) groups is 2. The molecule has 1 fully saturated rings. The van der Waals surface area contributed by atoms with Crippen molar-refractivity contribution >= 4 is 23.6 Å². The van der Waals surface area contributed by atoms with E-state index in [1.54, 1.807) is 0 Å². The molecule has 1 saturated heterocycles. The number of carboxylic acid groups (broad SMARTS) is 1. The number of urea groups is 1. The zero-order chi connectivity index (χ0) is 25.5. The van der Waals surface area contributed by atoms with Crippen LogP contribution in [0.5, 0.6) is 0 Å². The second-order valence-corrected chi connectivity index (χ2v) is 11.6. The van der Waals surface area contributed by atoms with Gasteiger partial charge in [-0.3, -0.25) is 9.69 Å². The highest BCUT2D eigenvalue weighted by Gasteiger charge is 2.52. The molecule has 186 valence electrons. The van der Waals surface area contributed by atoms with Crippen LogP contribution in [0.3, 0.4) is 0 Å². The first kappa shape index (κ1) is 26.3. The third kappa shape index (κ3) is 5.33. The fourth-order valence-corrected chi connectivity index (χ4v) is 4.75. The van der Waals surface area contributed by atoms with Crippen molar-refractivity contribution in [2.75, 3.05) is 6.61 Å². The molecule has 2 amide bonds. The maximum absolute atomic E-state index is 13.2. The van der Waals surface area contributed by atoms with Gasteiger partial charge in [-0.2, -0.15) is 0 Å². The summed E-state index contributed by atoms with van der Waals surface area (Å²) in [5.74, 6) is -0.960. The normalized spacial score (nSPS) is 24.2. The summed E-state index contributed by atoms with van der Waals surface area (Å²) in [5, 5.41) is 12.9. The second-order valence-electron chi connectivity index (χ2n) is 11.2. The molecule has 0 aromatic heterocycles. The Kier molecular flexibility index (Phi) is 7.26. The van der Waals surface area contributed by atoms with Gasteiger partial charge >= 0.3 is 12.0 Å². The zero-order valence-electron chi connectivity index (χ0n) is 21.1. The van der Waals surface area contributed by atoms with E-state index in [-0.39, 0.29) is 36.8 Å². The summed E-state index contributed by atoms with van der Waals surface area (Å²) in [4.78, 5) is 25.7. The number of carboxylic acids is 1. The monoisotopic (exact) mass is 488 g/mol. The minimum atomic E-state index is -0.928. The summed E-state index contributed by atoms with van der Waals surface area (Å²) in [5.41, 5.74) is 2.28. The molecular formula is C27H37ClN2O4. The Bertz CT molecular complexity index is 1020. The molecule has 1 aromatic carbocycles. The number of benzene rings is 1. The van der Waals surface area contributed by atoms with Crippen LogP contribution in [0.15, 0.2) is 42.2 Å². The number of aliphatic carboxylic acids is 1. The molecule has 2 N–H and O–H groups in total. The van der Waals surface area contributed by atoms with Crippen molar-refractivity contribution in [2.45, 2.75) is 78.4 Å². The number of halogens is 1. The lowest BCUT2D eigenvalue weighted by atomic mass is 9.69. The van der Waals surface area contributed by atoms with Crippen LogP contribution in [0.2, 0.25) is 5.02 Å². The van der Waals surface area contributed by atoms with Gasteiger partial charge in [-0.05, 0) is 61.3 Å². The van der Waals surface area contributed by atoms with E-state index >= 15 is 0 Å². The number of carbonyl (C=O) groups excluding carboxylic acids is 1. The Morgan fingerprint density at radius 1 is 1.32 bits per heavy atom. The van der Waals surface area contributed by atoms with E-state index in [0.717, 1.165) is 29.5 Å². The van der Waals surface area contributed by atoms with Crippen molar-refractivity contribution in [3.05, 3.63) is 58.4 Å². The first-order chi connectivity index (χ1) is 15.7. The van der Waals surface area contributed by atoms with Gasteiger partial charge in [0.2, 0.25) is 0 Å². The minimum Gasteiger partial charge on any atom is -0.481 e. The minimum absolute atomic E-state index is 0.0315. The van der Waals surface area contributed by atoms with Gasteiger partial charge in [0.05, 0.1) is 18.6 Å². The third-order valence-electron chi connectivity index (χ3n) is 7.13. The third-order valence-corrected chi connectivity index (χ3v) is 7.48. The van der Waals surface area contributed by atoms with Crippen molar-refractivity contribution in [2.24, 2.45) is 11.3 Å². The molecule has 1 aromatic rings. The average Bonchev–Trinajstić information content (AvgIpc) is 2.73. The van der Waals surface area contributed by atoms with Crippen LogP contribution >= 0.6 is 11.6 Å². The van der Waals surface area contributed by atoms with E-state index in [2.05, 4.69) is 39.6 Å².